The van der Waals surface area contributed by atoms with Crippen molar-refractivity contribution < 1.29 is 5.11 Å². The Hall–Kier alpha value is -1.02. The van der Waals surface area contributed by atoms with Gasteiger partial charge in [0.25, 0.3) is 0 Å². The number of piperidine rings is 1. The minimum Gasteiger partial charge on any atom is -0.391 e. The van der Waals surface area contributed by atoms with Gasteiger partial charge in [0.2, 0.25) is 0 Å². The molecule has 0 spiro atoms. The van der Waals surface area contributed by atoms with E-state index in [-0.39, 0.29) is 17.1 Å². The molecule has 2 heteroatoms. The van der Waals surface area contributed by atoms with Crippen molar-refractivity contribution in [1.82, 2.24) is 0 Å². The highest BCUT2D eigenvalue weighted by molar-refractivity contribution is 5.58. The molecule has 2 nitrogen and oxygen atoms in total. The molecule has 1 aromatic carbocycles. The lowest BCUT2D eigenvalue weighted by Crippen LogP contribution is -2.56. The zero-order chi connectivity index (χ0) is 14.3. The maximum atomic E-state index is 10.3. The van der Waals surface area contributed by atoms with Gasteiger partial charge in [-0.25, -0.2) is 0 Å². The summed E-state index contributed by atoms with van der Waals surface area (Å²) in [7, 11) is 0. The Bertz CT molecular complexity index is 445. The summed E-state index contributed by atoms with van der Waals surface area (Å²) in [5.41, 5.74) is 2.56. The Balaban J connectivity index is 2.47. The topological polar surface area (TPSA) is 23.5 Å². The summed E-state index contributed by atoms with van der Waals surface area (Å²) in [6.45, 7) is 12.1. The van der Waals surface area contributed by atoms with Crippen LogP contribution in [0.15, 0.2) is 24.3 Å². The monoisotopic (exact) mass is 261 g/mol. The maximum absolute atomic E-state index is 10.3. The first kappa shape index (κ1) is 14.4. The molecule has 2 rings (SSSR count). The molecule has 0 amide bonds. The first-order valence-corrected chi connectivity index (χ1v) is 7.30. The summed E-state index contributed by atoms with van der Waals surface area (Å²) in [6, 6.07) is 8.62. The number of hydrogen-bond donors (Lipinski definition) is 1. The van der Waals surface area contributed by atoms with Gasteiger partial charge in [0, 0.05) is 12.2 Å². The van der Waals surface area contributed by atoms with Gasteiger partial charge in [-0.1, -0.05) is 39.0 Å². The van der Waals surface area contributed by atoms with Crippen molar-refractivity contribution in [2.24, 2.45) is 0 Å². The lowest BCUT2D eigenvalue weighted by molar-refractivity contribution is 0.0709. The van der Waals surface area contributed by atoms with Crippen LogP contribution in [-0.2, 0) is 5.41 Å². The number of rotatable bonds is 1. The summed E-state index contributed by atoms with van der Waals surface area (Å²) >= 11 is 0. The van der Waals surface area contributed by atoms with Crippen molar-refractivity contribution in [3.05, 3.63) is 29.8 Å². The van der Waals surface area contributed by atoms with Crippen molar-refractivity contribution in [3.8, 4) is 0 Å². The minimum absolute atomic E-state index is 0.120. The van der Waals surface area contributed by atoms with Crippen LogP contribution in [0.1, 0.15) is 53.0 Å². The predicted molar refractivity (Wildman–Crippen MR) is 81.8 cm³/mol. The van der Waals surface area contributed by atoms with E-state index >= 15 is 0 Å². The molecule has 0 aromatic heterocycles. The summed E-state index contributed by atoms with van der Waals surface area (Å²) in [6.07, 6.45) is 1.71. The number of aliphatic hydroxyl groups is 1. The molecule has 1 atom stereocenters. The third-order valence-corrected chi connectivity index (χ3v) is 4.37. The molecule has 1 aliphatic heterocycles. The van der Waals surface area contributed by atoms with Gasteiger partial charge in [0.15, 0.2) is 0 Å². The molecule has 1 aliphatic rings. The van der Waals surface area contributed by atoms with Crippen molar-refractivity contribution in [2.45, 2.75) is 64.5 Å². The van der Waals surface area contributed by atoms with Gasteiger partial charge >= 0.3 is 0 Å². The second-order valence-corrected chi connectivity index (χ2v) is 7.23. The summed E-state index contributed by atoms with van der Waals surface area (Å²) < 4.78 is 0. The number of nitrogens with zero attached hydrogens (tertiary/aromatic N) is 1. The lowest BCUT2D eigenvalue weighted by Gasteiger charge is -2.48. The van der Waals surface area contributed by atoms with E-state index in [9.17, 15) is 5.11 Å². The summed E-state index contributed by atoms with van der Waals surface area (Å²) in [4.78, 5) is 2.39. The zero-order valence-corrected chi connectivity index (χ0v) is 12.9. The van der Waals surface area contributed by atoms with E-state index < -0.39 is 0 Å². The van der Waals surface area contributed by atoms with Gasteiger partial charge in [0.05, 0.1) is 11.6 Å². The van der Waals surface area contributed by atoms with Crippen molar-refractivity contribution in [3.63, 3.8) is 0 Å². The molecular weight excluding hydrogens is 234 g/mol. The normalized spacial score (nSPS) is 23.5. The number of para-hydroxylation sites is 1. The Kier molecular flexibility index (Phi) is 3.65. The van der Waals surface area contributed by atoms with E-state index in [1.54, 1.807) is 0 Å². The Labute approximate surface area is 117 Å². The third kappa shape index (κ3) is 2.64. The average molecular weight is 261 g/mol. The molecule has 0 bridgehead atoms. The highest BCUT2D eigenvalue weighted by Crippen LogP contribution is 2.38. The highest BCUT2D eigenvalue weighted by atomic mass is 16.3. The van der Waals surface area contributed by atoms with Gasteiger partial charge in [-0.2, -0.15) is 0 Å². The summed E-state index contributed by atoms with van der Waals surface area (Å²) in [5, 5.41) is 10.3. The van der Waals surface area contributed by atoms with Crippen LogP contribution in [0.3, 0.4) is 0 Å². The van der Waals surface area contributed by atoms with Crippen molar-refractivity contribution in [1.29, 1.82) is 0 Å². The fourth-order valence-electron chi connectivity index (χ4n) is 3.04. The molecule has 1 heterocycles. The molecule has 0 saturated carbocycles. The van der Waals surface area contributed by atoms with Crippen molar-refractivity contribution in [2.75, 3.05) is 11.4 Å². The van der Waals surface area contributed by atoms with Crippen LogP contribution in [0.2, 0.25) is 0 Å². The van der Waals surface area contributed by atoms with Gasteiger partial charge < -0.3 is 10.0 Å². The third-order valence-electron chi connectivity index (χ3n) is 4.37. The standard InChI is InChI=1S/C17H27NO/c1-16(2,3)13-9-6-7-10-14(13)18-12-8-11-15(19)17(18,4)5/h6-7,9-10,15,19H,8,11-12H2,1-5H3. The predicted octanol–water partition coefficient (Wildman–Crippen LogP) is 3.72. The van der Waals surface area contributed by atoms with E-state index in [0.717, 1.165) is 19.4 Å². The molecule has 1 N–H and O–H groups in total. The number of hydrogen-bond acceptors (Lipinski definition) is 2. The molecular formula is C17H27NO. The highest BCUT2D eigenvalue weighted by Gasteiger charge is 2.39. The van der Waals surface area contributed by atoms with Gasteiger partial charge in [-0.3, -0.25) is 0 Å². The van der Waals surface area contributed by atoms with Gasteiger partial charge in [-0.15, -0.1) is 0 Å². The zero-order valence-electron chi connectivity index (χ0n) is 12.9. The van der Waals surface area contributed by atoms with Crippen LogP contribution in [0.4, 0.5) is 5.69 Å². The second-order valence-electron chi connectivity index (χ2n) is 7.23. The first-order valence-electron chi connectivity index (χ1n) is 7.30. The van der Waals surface area contributed by atoms with E-state index in [4.69, 9.17) is 0 Å². The average Bonchev–Trinajstić information content (AvgIpc) is 2.31. The Morgan fingerprint density at radius 1 is 1.21 bits per heavy atom. The van der Waals surface area contributed by atoms with Crippen LogP contribution in [0.5, 0.6) is 0 Å². The quantitative estimate of drug-likeness (QED) is 0.832. The van der Waals surface area contributed by atoms with E-state index in [1.807, 2.05) is 0 Å². The Morgan fingerprint density at radius 3 is 2.47 bits per heavy atom. The Morgan fingerprint density at radius 2 is 1.84 bits per heavy atom. The SMILES string of the molecule is CC(C)(C)c1ccccc1N1CCCC(O)C1(C)C. The minimum atomic E-state index is -0.255. The molecule has 0 aliphatic carbocycles. The fraction of sp³-hybridized carbons (Fsp3) is 0.647. The largest absolute Gasteiger partial charge is 0.391 e. The van der Waals surface area contributed by atoms with Crippen LogP contribution >= 0.6 is 0 Å². The van der Waals surface area contributed by atoms with Gasteiger partial charge in [0.1, 0.15) is 0 Å². The van der Waals surface area contributed by atoms with Gasteiger partial charge in [-0.05, 0) is 43.7 Å². The number of aliphatic hydroxyl groups excluding tert-OH is 1. The van der Waals surface area contributed by atoms with E-state index in [0.29, 0.717) is 0 Å². The van der Waals surface area contributed by atoms with Crippen LogP contribution in [0.25, 0.3) is 0 Å². The van der Waals surface area contributed by atoms with Crippen molar-refractivity contribution >= 4 is 5.69 Å². The molecule has 1 fully saturated rings. The summed E-state index contributed by atoms with van der Waals surface area (Å²) in [5.74, 6) is 0. The van der Waals surface area contributed by atoms with E-state index in [1.165, 1.54) is 11.3 Å². The van der Waals surface area contributed by atoms with Crippen LogP contribution in [-0.4, -0.2) is 23.3 Å². The van der Waals surface area contributed by atoms with E-state index in [2.05, 4.69) is 63.8 Å². The molecule has 1 unspecified atom stereocenters. The first-order chi connectivity index (χ1) is 8.74. The molecule has 19 heavy (non-hydrogen) atoms. The molecule has 1 aromatic rings. The van der Waals surface area contributed by atoms with Crippen LogP contribution < -0.4 is 4.90 Å². The second kappa shape index (κ2) is 4.82. The molecule has 106 valence electrons. The maximum Gasteiger partial charge on any atom is 0.0767 e. The molecule has 0 radical (unpaired) electrons. The van der Waals surface area contributed by atoms with Crippen LogP contribution in [0, 0.1) is 0 Å². The number of benzene rings is 1. The fourth-order valence-corrected chi connectivity index (χ4v) is 3.04. The molecule has 1 saturated heterocycles. The smallest absolute Gasteiger partial charge is 0.0767 e. The lowest BCUT2D eigenvalue weighted by atomic mass is 9.82. The number of anilines is 1.